The summed E-state index contributed by atoms with van der Waals surface area (Å²) in [5.41, 5.74) is 7.61. The van der Waals surface area contributed by atoms with Crippen LogP contribution in [-0.4, -0.2) is 26.8 Å². The number of imidazole rings is 1. The van der Waals surface area contributed by atoms with Crippen LogP contribution in [-0.2, 0) is 6.42 Å². The van der Waals surface area contributed by atoms with E-state index >= 15 is 0 Å². The number of carbonyl (C=O) groups is 1. The molecule has 0 unspecified atom stereocenters. The summed E-state index contributed by atoms with van der Waals surface area (Å²) in [6.45, 7) is 0.626. The maximum absolute atomic E-state index is 11.3. The van der Waals surface area contributed by atoms with E-state index in [2.05, 4.69) is 15.3 Å². The number of aromatic nitrogens is 3. The second kappa shape index (κ2) is 5.62. The van der Waals surface area contributed by atoms with Crippen molar-refractivity contribution in [2.45, 2.75) is 6.42 Å². The molecule has 3 N–H and O–H groups in total. The average molecular weight is 281 g/mol. The van der Waals surface area contributed by atoms with Crippen LogP contribution in [0, 0.1) is 0 Å². The molecule has 21 heavy (non-hydrogen) atoms. The molecule has 0 aliphatic carbocycles. The molecule has 0 saturated heterocycles. The van der Waals surface area contributed by atoms with E-state index in [1.807, 2.05) is 35.0 Å². The van der Waals surface area contributed by atoms with Crippen LogP contribution < -0.4 is 11.1 Å². The summed E-state index contributed by atoms with van der Waals surface area (Å²) in [7, 11) is 0. The fourth-order valence-corrected chi connectivity index (χ4v) is 2.16. The van der Waals surface area contributed by atoms with E-state index in [0.29, 0.717) is 17.9 Å². The minimum absolute atomic E-state index is 0.396. The number of fused-ring (bicyclic) bond motifs is 1. The maximum atomic E-state index is 11.3. The Morgan fingerprint density at radius 2 is 2.19 bits per heavy atom. The summed E-state index contributed by atoms with van der Waals surface area (Å²) < 4.78 is 1.98. The van der Waals surface area contributed by atoms with Crippen molar-refractivity contribution in [2.75, 3.05) is 11.9 Å². The Labute approximate surface area is 121 Å². The van der Waals surface area contributed by atoms with Gasteiger partial charge >= 0.3 is 0 Å². The molecule has 3 heterocycles. The molecular weight excluding hydrogens is 266 g/mol. The zero-order chi connectivity index (χ0) is 14.7. The smallest absolute Gasteiger partial charge is 0.252 e. The van der Waals surface area contributed by atoms with Crippen molar-refractivity contribution < 1.29 is 4.79 Å². The van der Waals surface area contributed by atoms with Crippen molar-refractivity contribution in [1.82, 2.24) is 14.4 Å². The predicted molar refractivity (Wildman–Crippen MR) is 80.1 cm³/mol. The fraction of sp³-hybridized carbons (Fsp3) is 0.133. The zero-order valence-electron chi connectivity index (χ0n) is 11.4. The number of nitrogens with two attached hydrogens (primary N) is 1. The van der Waals surface area contributed by atoms with E-state index in [1.54, 1.807) is 18.3 Å². The van der Waals surface area contributed by atoms with Gasteiger partial charge in [-0.2, -0.15) is 0 Å². The Morgan fingerprint density at radius 3 is 3.00 bits per heavy atom. The van der Waals surface area contributed by atoms with E-state index in [0.717, 1.165) is 17.8 Å². The molecule has 1 amide bonds. The summed E-state index contributed by atoms with van der Waals surface area (Å²) in [4.78, 5) is 19.9. The van der Waals surface area contributed by atoms with E-state index < -0.39 is 5.91 Å². The van der Waals surface area contributed by atoms with Crippen LogP contribution in [0.25, 0.3) is 5.65 Å². The first-order chi connectivity index (χ1) is 10.2. The standard InChI is InChI=1S/C15H15N5O/c16-14(21)12-4-3-7-17-15(12)18-8-6-11-10-20-9-2-1-5-13(20)19-11/h1-5,7,9-10H,6,8H2,(H2,16,21)(H,17,18). The molecule has 6 nitrogen and oxygen atoms in total. The number of hydrogen-bond donors (Lipinski definition) is 2. The lowest BCUT2D eigenvalue weighted by atomic mass is 10.2. The maximum Gasteiger partial charge on any atom is 0.252 e. The van der Waals surface area contributed by atoms with Gasteiger partial charge in [0.2, 0.25) is 0 Å². The molecule has 0 spiro atoms. The lowest BCUT2D eigenvalue weighted by molar-refractivity contribution is 0.100. The van der Waals surface area contributed by atoms with Crippen LogP contribution in [0.3, 0.4) is 0 Å². The van der Waals surface area contributed by atoms with Gasteiger partial charge in [-0.25, -0.2) is 9.97 Å². The van der Waals surface area contributed by atoms with Gasteiger partial charge in [-0.3, -0.25) is 4.79 Å². The average Bonchev–Trinajstić information content (AvgIpc) is 2.90. The number of amides is 1. The van der Waals surface area contributed by atoms with E-state index in [4.69, 9.17) is 5.73 Å². The van der Waals surface area contributed by atoms with Crippen molar-refractivity contribution in [1.29, 1.82) is 0 Å². The van der Waals surface area contributed by atoms with Crippen molar-refractivity contribution >= 4 is 17.4 Å². The van der Waals surface area contributed by atoms with Gasteiger partial charge in [0.1, 0.15) is 11.5 Å². The molecule has 106 valence electrons. The number of nitrogens with one attached hydrogen (secondary N) is 1. The van der Waals surface area contributed by atoms with Crippen LogP contribution in [0.5, 0.6) is 0 Å². The van der Waals surface area contributed by atoms with Gasteiger partial charge in [0.15, 0.2) is 0 Å². The fourth-order valence-electron chi connectivity index (χ4n) is 2.16. The van der Waals surface area contributed by atoms with Gasteiger partial charge in [-0.1, -0.05) is 6.07 Å². The minimum Gasteiger partial charge on any atom is -0.369 e. The summed E-state index contributed by atoms with van der Waals surface area (Å²) in [5, 5.41) is 3.13. The Bertz CT molecular complexity index is 747. The minimum atomic E-state index is -0.488. The molecule has 3 aromatic heterocycles. The summed E-state index contributed by atoms with van der Waals surface area (Å²) in [5.74, 6) is 0.0205. The SMILES string of the molecule is NC(=O)c1cccnc1NCCc1cn2ccccc2n1. The number of carbonyl (C=O) groups excluding carboxylic acids is 1. The van der Waals surface area contributed by atoms with Crippen LogP contribution >= 0.6 is 0 Å². The molecule has 0 fully saturated rings. The molecule has 0 atom stereocenters. The second-order valence-corrected chi connectivity index (χ2v) is 4.64. The van der Waals surface area contributed by atoms with Crippen LogP contribution in [0.2, 0.25) is 0 Å². The van der Waals surface area contributed by atoms with Gasteiger partial charge in [-0.15, -0.1) is 0 Å². The summed E-state index contributed by atoms with van der Waals surface area (Å²) in [6, 6.07) is 9.22. The Morgan fingerprint density at radius 1 is 1.29 bits per heavy atom. The second-order valence-electron chi connectivity index (χ2n) is 4.64. The highest BCUT2D eigenvalue weighted by molar-refractivity contribution is 5.97. The van der Waals surface area contributed by atoms with Crippen molar-refractivity contribution in [3.8, 4) is 0 Å². The Hall–Kier alpha value is -2.89. The van der Waals surface area contributed by atoms with Gasteiger partial charge in [0.25, 0.3) is 5.91 Å². The highest BCUT2D eigenvalue weighted by Crippen LogP contribution is 2.11. The Kier molecular flexibility index (Phi) is 3.51. The summed E-state index contributed by atoms with van der Waals surface area (Å²) in [6.07, 6.45) is 6.31. The molecule has 0 bridgehead atoms. The van der Waals surface area contributed by atoms with Gasteiger partial charge in [0, 0.05) is 31.6 Å². The molecule has 0 saturated carbocycles. The predicted octanol–water partition coefficient (Wildman–Crippen LogP) is 1.48. The summed E-state index contributed by atoms with van der Waals surface area (Å²) >= 11 is 0. The van der Waals surface area contributed by atoms with E-state index in [1.165, 1.54) is 0 Å². The number of rotatable bonds is 5. The van der Waals surface area contributed by atoms with Crippen molar-refractivity contribution in [2.24, 2.45) is 5.73 Å². The zero-order valence-corrected chi connectivity index (χ0v) is 11.4. The highest BCUT2D eigenvalue weighted by atomic mass is 16.1. The van der Waals surface area contributed by atoms with Crippen LogP contribution in [0.4, 0.5) is 5.82 Å². The van der Waals surface area contributed by atoms with Crippen molar-refractivity contribution in [3.05, 3.63) is 60.2 Å². The lowest BCUT2D eigenvalue weighted by Crippen LogP contribution is -2.16. The normalized spacial score (nSPS) is 10.7. The van der Waals surface area contributed by atoms with Gasteiger partial charge < -0.3 is 15.5 Å². The molecular formula is C15H15N5O. The first-order valence-electron chi connectivity index (χ1n) is 6.65. The first kappa shape index (κ1) is 13.1. The number of primary amides is 1. The van der Waals surface area contributed by atoms with E-state index in [-0.39, 0.29) is 0 Å². The molecule has 0 radical (unpaired) electrons. The highest BCUT2D eigenvalue weighted by Gasteiger charge is 2.08. The molecule has 0 aliphatic rings. The third-order valence-corrected chi connectivity index (χ3v) is 3.16. The third-order valence-electron chi connectivity index (χ3n) is 3.16. The monoisotopic (exact) mass is 281 g/mol. The van der Waals surface area contributed by atoms with Gasteiger partial charge in [0.05, 0.1) is 11.3 Å². The lowest BCUT2D eigenvalue weighted by Gasteiger charge is -2.07. The van der Waals surface area contributed by atoms with Crippen molar-refractivity contribution in [3.63, 3.8) is 0 Å². The Balaban J connectivity index is 1.67. The number of hydrogen-bond acceptors (Lipinski definition) is 4. The van der Waals surface area contributed by atoms with E-state index in [9.17, 15) is 4.79 Å². The molecule has 0 aliphatic heterocycles. The quantitative estimate of drug-likeness (QED) is 0.742. The number of anilines is 1. The topological polar surface area (TPSA) is 85.3 Å². The van der Waals surface area contributed by atoms with Crippen LogP contribution in [0.1, 0.15) is 16.1 Å². The number of pyridine rings is 2. The first-order valence-corrected chi connectivity index (χ1v) is 6.65. The molecule has 0 aromatic carbocycles. The largest absolute Gasteiger partial charge is 0.369 e. The molecule has 3 aromatic rings. The molecule has 6 heteroatoms. The number of nitrogens with zero attached hydrogens (tertiary/aromatic N) is 3. The van der Waals surface area contributed by atoms with Gasteiger partial charge in [-0.05, 0) is 24.3 Å². The molecule has 3 rings (SSSR count). The van der Waals surface area contributed by atoms with Crippen LogP contribution in [0.15, 0.2) is 48.9 Å². The third kappa shape index (κ3) is 2.84.